The molecular weight excluding hydrogens is 370 g/mol. The largest absolute Gasteiger partial charge is 0.302 e. The Kier molecular flexibility index (Phi) is 4.58. The number of carbonyl (C=O) groups is 1. The van der Waals surface area contributed by atoms with Crippen LogP contribution in [-0.2, 0) is 27.8 Å². The summed E-state index contributed by atoms with van der Waals surface area (Å²) in [7, 11) is -3.52. The van der Waals surface area contributed by atoms with Crippen LogP contribution in [0.25, 0.3) is 0 Å². The van der Waals surface area contributed by atoms with Gasteiger partial charge in [0.15, 0.2) is 5.13 Å². The van der Waals surface area contributed by atoms with Crippen LogP contribution >= 0.6 is 11.3 Å². The van der Waals surface area contributed by atoms with E-state index in [1.807, 2.05) is 19.1 Å². The number of aryl methyl sites for hydroxylation is 1. The summed E-state index contributed by atoms with van der Waals surface area (Å²) < 4.78 is 27.2. The highest BCUT2D eigenvalue weighted by atomic mass is 32.2. The van der Waals surface area contributed by atoms with Crippen LogP contribution in [0.3, 0.4) is 0 Å². The lowest BCUT2D eigenvalue weighted by molar-refractivity contribution is -0.122. The van der Waals surface area contributed by atoms with Crippen molar-refractivity contribution >= 4 is 32.4 Å². The maximum atomic E-state index is 12.9. The highest BCUT2D eigenvalue weighted by Crippen LogP contribution is 2.33. The highest BCUT2D eigenvalue weighted by Gasteiger charge is 2.31. The Balaban J connectivity index is 1.50. The lowest BCUT2D eigenvalue weighted by Crippen LogP contribution is -2.35. The van der Waals surface area contributed by atoms with Crippen LogP contribution in [-0.4, -0.2) is 30.2 Å². The number of benzene rings is 1. The van der Waals surface area contributed by atoms with Crippen molar-refractivity contribution in [1.29, 1.82) is 0 Å². The van der Waals surface area contributed by atoms with Crippen LogP contribution in [0.4, 0.5) is 5.13 Å². The molecule has 6 nitrogen and oxygen atoms in total. The van der Waals surface area contributed by atoms with Gasteiger partial charge in [-0.15, -0.1) is 11.3 Å². The Morgan fingerprint density at radius 2 is 2.00 bits per heavy atom. The number of aromatic nitrogens is 1. The number of thiazole rings is 1. The molecule has 1 saturated carbocycles. The third-order valence-corrected chi connectivity index (χ3v) is 7.92. The SMILES string of the molecule is Cc1ccc(S(=O)(=O)N2CCc3nc(NC(=O)C4CCC4)sc3C2)cc1. The third-order valence-electron chi connectivity index (χ3n) is 5.06. The number of anilines is 1. The molecule has 8 heteroatoms. The molecule has 1 amide bonds. The maximum absolute atomic E-state index is 12.9. The monoisotopic (exact) mass is 391 g/mol. The van der Waals surface area contributed by atoms with Crippen molar-refractivity contribution in [3.05, 3.63) is 40.4 Å². The number of nitrogens with zero attached hydrogens (tertiary/aromatic N) is 2. The molecule has 1 aromatic carbocycles. The van der Waals surface area contributed by atoms with E-state index in [-0.39, 0.29) is 11.8 Å². The topological polar surface area (TPSA) is 79.4 Å². The second-order valence-corrected chi connectivity index (χ2v) is 9.93. The van der Waals surface area contributed by atoms with Crippen LogP contribution in [0, 0.1) is 12.8 Å². The molecule has 1 fully saturated rings. The number of fused-ring (bicyclic) bond motifs is 1. The summed E-state index contributed by atoms with van der Waals surface area (Å²) in [5, 5.41) is 3.48. The zero-order valence-electron chi connectivity index (χ0n) is 14.6. The molecule has 1 aliphatic carbocycles. The average molecular weight is 392 g/mol. The van der Waals surface area contributed by atoms with Crippen molar-refractivity contribution in [1.82, 2.24) is 9.29 Å². The van der Waals surface area contributed by atoms with Crippen LogP contribution in [0.5, 0.6) is 0 Å². The van der Waals surface area contributed by atoms with Gasteiger partial charge in [-0.25, -0.2) is 13.4 Å². The number of hydrogen-bond donors (Lipinski definition) is 1. The highest BCUT2D eigenvalue weighted by molar-refractivity contribution is 7.89. The Labute approximate surface area is 157 Å². The van der Waals surface area contributed by atoms with E-state index in [1.54, 1.807) is 12.1 Å². The lowest BCUT2D eigenvalue weighted by Gasteiger charge is -2.25. The fourth-order valence-electron chi connectivity index (χ4n) is 3.17. The van der Waals surface area contributed by atoms with Crippen LogP contribution in [0.1, 0.15) is 35.4 Å². The van der Waals surface area contributed by atoms with E-state index in [1.165, 1.54) is 15.6 Å². The maximum Gasteiger partial charge on any atom is 0.243 e. The van der Waals surface area contributed by atoms with Gasteiger partial charge in [-0.2, -0.15) is 4.31 Å². The number of nitrogens with one attached hydrogen (secondary N) is 1. The average Bonchev–Trinajstić information content (AvgIpc) is 2.94. The van der Waals surface area contributed by atoms with Crippen molar-refractivity contribution in [3.63, 3.8) is 0 Å². The minimum atomic E-state index is -3.52. The van der Waals surface area contributed by atoms with Gasteiger partial charge in [0.25, 0.3) is 0 Å². The van der Waals surface area contributed by atoms with E-state index in [9.17, 15) is 13.2 Å². The molecule has 0 saturated heterocycles. The zero-order chi connectivity index (χ0) is 18.3. The first-order valence-electron chi connectivity index (χ1n) is 8.80. The van der Waals surface area contributed by atoms with Crippen molar-refractivity contribution in [2.45, 2.75) is 44.0 Å². The van der Waals surface area contributed by atoms with Crippen molar-refractivity contribution in [2.24, 2.45) is 5.92 Å². The quantitative estimate of drug-likeness (QED) is 0.869. The molecule has 2 aromatic rings. The third kappa shape index (κ3) is 3.28. The molecule has 1 aromatic heterocycles. The molecule has 1 N–H and O–H groups in total. The fraction of sp³-hybridized carbons (Fsp3) is 0.444. The van der Waals surface area contributed by atoms with E-state index in [0.29, 0.717) is 29.5 Å². The fourth-order valence-corrected chi connectivity index (χ4v) is 5.69. The minimum Gasteiger partial charge on any atom is -0.302 e. The Hall–Kier alpha value is -1.77. The molecule has 138 valence electrons. The Bertz CT molecular complexity index is 931. The normalized spacial score (nSPS) is 18.2. The summed E-state index contributed by atoms with van der Waals surface area (Å²) >= 11 is 1.38. The number of amides is 1. The first-order chi connectivity index (χ1) is 12.4. The molecule has 2 aliphatic rings. The van der Waals surface area contributed by atoms with Crippen molar-refractivity contribution < 1.29 is 13.2 Å². The summed E-state index contributed by atoms with van der Waals surface area (Å²) in [6.07, 6.45) is 3.56. The predicted molar refractivity (Wildman–Crippen MR) is 101 cm³/mol. The van der Waals surface area contributed by atoms with E-state index < -0.39 is 10.0 Å². The van der Waals surface area contributed by atoms with Gasteiger partial charge in [0, 0.05) is 23.8 Å². The van der Waals surface area contributed by atoms with Gasteiger partial charge < -0.3 is 5.32 Å². The standard InChI is InChI=1S/C18H21N3O3S2/c1-12-5-7-14(8-6-12)26(23,24)21-10-9-15-16(11-21)25-18(19-15)20-17(22)13-3-2-4-13/h5-8,13H,2-4,9-11H2,1H3,(H,19,20,22). The first-order valence-corrected chi connectivity index (χ1v) is 11.1. The molecule has 2 heterocycles. The summed E-state index contributed by atoms with van der Waals surface area (Å²) in [5.74, 6) is 0.140. The van der Waals surface area contributed by atoms with Crippen LogP contribution in [0.2, 0.25) is 0 Å². The van der Waals surface area contributed by atoms with E-state index >= 15 is 0 Å². The summed E-state index contributed by atoms with van der Waals surface area (Å²) in [4.78, 5) is 17.8. The molecule has 26 heavy (non-hydrogen) atoms. The van der Waals surface area contributed by atoms with Gasteiger partial charge >= 0.3 is 0 Å². The summed E-state index contributed by atoms with van der Waals surface area (Å²) in [6.45, 7) is 2.64. The molecule has 1 aliphatic heterocycles. The van der Waals surface area contributed by atoms with Gasteiger partial charge in [-0.05, 0) is 31.9 Å². The molecule has 0 unspecified atom stereocenters. The number of rotatable bonds is 4. The van der Waals surface area contributed by atoms with Gasteiger partial charge in [-0.1, -0.05) is 24.1 Å². The van der Waals surface area contributed by atoms with Crippen LogP contribution in [0.15, 0.2) is 29.2 Å². The number of sulfonamides is 1. The molecule has 0 bridgehead atoms. The second kappa shape index (κ2) is 6.75. The van der Waals surface area contributed by atoms with Crippen molar-refractivity contribution in [3.8, 4) is 0 Å². The minimum absolute atomic E-state index is 0.0338. The first kappa shape index (κ1) is 17.6. The van der Waals surface area contributed by atoms with Crippen molar-refractivity contribution in [2.75, 3.05) is 11.9 Å². The molecular formula is C18H21N3O3S2. The molecule has 0 spiro atoms. The van der Waals surface area contributed by atoms with Gasteiger partial charge in [0.05, 0.1) is 17.1 Å². The second-order valence-electron chi connectivity index (χ2n) is 6.91. The van der Waals surface area contributed by atoms with Crippen LogP contribution < -0.4 is 5.32 Å². The Morgan fingerprint density at radius 1 is 1.27 bits per heavy atom. The molecule has 0 atom stereocenters. The number of carbonyl (C=O) groups excluding carboxylic acids is 1. The molecule has 4 rings (SSSR count). The summed E-state index contributed by atoms with van der Waals surface area (Å²) in [5.41, 5.74) is 1.92. The summed E-state index contributed by atoms with van der Waals surface area (Å²) in [6, 6.07) is 6.92. The Morgan fingerprint density at radius 3 is 2.65 bits per heavy atom. The lowest BCUT2D eigenvalue weighted by atomic mass is 9.85. The van der Waals surface area contributed by atoms with E-state index in [0.717, 1.165) is 35.4 Å². The zero-order valence-corrected chi connectivity index (χ0v) is 16.2. The number of hydrogen-bond acceptors (Lipinski definition) is 5. The smallest absolute Gasteiger partial charge is 0.243 e. The molecule has 0 radical (unpaired) electrons. The predicted octanol–water partition coefficient (Wildman–Crippen LogP) is 2.94. The van der Waals surface area contributed by atoms with Gasteiger partial charge in [0.1, 0.15) is 0 Å². The van der Waals surface area contributed by atoms with Gasteiger partial charge in [-0.3, -0.25) is 4.79 Å². The van der Waals surface area contributed by atoms with Gasteiger partial charge in [0.2, 0.25) is 15.9 Å². The van der Waals surface area contributed by atoms with E-state index in [2.05, 4.69) is 10.3 Å². The van der Waals surface area contributed by atoms with E-state index in [4.69, 9.17) is 0 Å².